The summed E-state index contributed by atoms with van der Waals surface area (Å²) in [7, 11) is -3.43. The molecule has 0 spiro atoms. The van der Waals surface area contributed by atoms with Gasteiger partial charge in [0, 0.05) is 32.4 Å². The van der Waals surface area contributed by atoms with Crippen molar-refractivity contribution in [1.82, 2.24) is 9.29 Å². The van der Waals surface area contributed by atoms with Crippen molar-refractivity contribution in [3.05, 3.63) is 54.2 Å². The molecule has 2 aliphatic heterocycles. The second kappa shape index (κ2) is 8.07. The first-order valence-electron chi connectivity index (χ1n) is 9.66. The van der Waals surface area contributed by atoms with Gasteiger partial charge in [0.05, 0.1) is 11.3 Å². The fourth-order valence-corrected chi connectivity index (χ4v) is 5.41. The van der Waals surface area contributed by atoms with E-state index in [9.17, 15) is 21.6 Å². The molecule has 1 aromatic heterocycles. The molecule has 0 aliphatic carbocycles. The lowest BCUT2D eigenvalue weighted by Crippen LogP contribution is -2.36. The number of alkyl halides is 3. The first-order valence-corrected chi connectivity index (χ1v) is 11.3. The van der Waals surface area contributed by atoms with Gasteiger partial charge in [-0.3, -0.25) is 0 Å². The molecule has 3 heterocycles. The van der Waals surface area contributed by atoms with Crippen molar-refractivity contribution >= 4 is 15.8 Å². The van der Waals surface area contributed by atoms with E-state index in [2.05, 4.69) is 4.98 Å². The lowest BCUT2D eigenvalue weighted by Gasteiger charge is -2.22. The van der Waals surface area contributed by atoms with Crippen LogP contribution in [0.1, 0.15) is 5.56 Å². The van der Waals surface area contributed by atoms with Crippen molar-refractivity contribution in [2.75, 3.05) is 43.4 Å². The van der Waals surface area contributed by atoms with Gasteiger partial charge >= 0.3 is 6.18 Å². The third-order valence-corrected chi connectivity index (χ3v) is 7.37. The van der Waals surface area contributed by atoms with Crippen LogP contribution in [0.5, 0.6) is 5.75 Å². The molecule has 2 atom stereocenters. The van der Waals surface area contributed by atoms with Gasteiger partial charge in [0.1, 0.15) is 18.2 Å². The summed E-state index contributed by atoms with van der Waals surface area (Å²) in [5.74, 6) is 1.30. The Hall–Kier alpha value is -2.33. The topological polar surface area (TPSA) is 62.7 Å². The fourth-order valence-electron chi connectivity index (χ4n) is 4.02. The first-order chi connectivity index (χ1) is 14.2. The number of sulfonamides is 1. The summed E-state index contributed by atoms with van der Waals surface area (Å²) in [6, 6.07) is 11.5. The molecule has 2 aliphatic rings. The van der Waals surface area contributed by atoms with Gasteiger partial charge in [-0.1, -0.05) is 18.2 Å². The van der Waals surface area contributed by atoms with Gasteiger partial charge < -0.3 is 9.64 Å². The molecular weight excluding hydrogens is 419 g/mol. The minimum absolute atomic E-state index is 0.0831. The predicted molar refractivity (Wildman–Crippen MR) is 106 cm³/mol. The molecule has 2 unspecified atom stereocenters. The van der Waals surface area contributed by atoms with Crippen LogP contribution in [0.15, 0.2) is 48.7 Å². The Morgan fingerprint density at radius 2 is 1.67 bits per heavy atom. The first kappa shape index (κ1) is 20.9. The molecule has 0 bridgehead atoms. The highest BCUT2D eigenvalue weighted by Crippen LogP contribution is 2.35. The van der Waals surface area contributed by atoms with Gasteiger partial charge in [-0.15, -0.1) is 0 Å². The highest BCUT2D eigenvalue weighted by Gasteiger charge is 2.44. The Morgan fingerprint density at radius 3 is 2.23 bits per heavy atom. The van der Waals surface area contributed by atoms with Crippen LogP contribution in [0.3, 0.4) is 0 Å². The summed E-state index contributed by atoms with van der Waals surface area (Å²) in [6.45, 7) is 2.07. The molecule has 0 saturated carbocycles. The molecular formula is C20H22F3N3O3S. The monoisotopic (exact) mass is 441 g/mol. The summed E-state index contributed by atoms with van der Waals surface area (Å²) < 4.78 is 70.4. The number of fused-ring (bicyclic) bond motifs is 1. The molecule has 2 fully saturated rings. The largest absolute Gasteiger partial charge is 0.492 e. The fraction of sp³-hybridized carbons (Fsp3) is 0.450. The van der Waals surface area contributed by atoms with E-state index in [0.717, 1.165) is 12.3 Å². The van der Waals surface area contributed by atoms with Crippen molar-refractivity contribution in [2.45, 2.75) is 6.18 Å². The van der Waals surface area contributed by atoms with Crippen LogP contribution in [0.2, 0.25) is 0 Å². The van der Waals surface area contributed by atoms with E-state index in [1.807, 2.05) is 23.1 Å². The van der Waals surface area contributed by atoms with Crippen LogP contribution >= 0.6 is 0 Å². The number of rotatable bonds is 6. The maximum atomic E-state index is 12.7. The number of halogens is 3. The van der Waals surface area contributed by atoms with E-state index in [0.29, 0.717) is 37.7 Å². The number of pyridine rings is 1. The van der Waals surface area contributed by atoms with Gasteiger partial charge in [0.25, 0.3) is 0 Å². The standard InChI is InChI=1S/C20H22F3N3O3S/c21-20(22,23)17-6-7-19(24-10-17)25-11-15-13-26(14-16(15)12-25)30(27,28)9-8-29-18-4-2-1-3-5-18/h1-7,10,15-16H,8-9,11-14H2. The van der Waals surface area contributed by atoms with Crippen LogP contribution in [0, 0.1) is 11.8 Å². The number of anilines is 1. The van der Waals surface area contributed by atoms with Crippen LogP contribution in [0.4, 0.5) is 19.0 Å². The number of para-hydroxylation sites is 1. The second-order valence-electron chi connectivity index (χ2n) is 7.62. The van der Waals surface area contributed by atoms with Crippen LogP contribution in [0.25, 0.3) is 0 Å². The lowest BCUT2D eigenvalue weighted by molar-refractivity contribution is -0.137. The van der Waals surface area contributed by atoms with Gasteiger partial charge in [0.15, 0.2) is 0 Å². The number of benzene rings is 1. The molecule has 10 heteroatoms. The molecule has 4 rings (SSSR count). The zero-order valence-electron chi connectivity index (χ0n) is 16.1. The average molecular weight is 441 g/mol. The molecule has 0 amide bonds. The zero-order chi connectivity index (χ0) is 21.4. The van der Waals surface area contributed by atoms with Crippen molar-refractivity contribution in [1.29, 1.82) is 0 Å². The molecule has 6 nitrogen and oxygen atoms in total. The van der Waals surface area contributed by atoms with Crippen LogP contribution < -0.4 is 9.64 Å². The van der Waals surface area contributed by atoms with E-state index in [-0.39, 0.29) is 24.2 Å². The average Bonchev–Trinajstić information content (AvgIpc) is 3.28. The summed E-state index contributed by atoms with van der Waals surface area (Å²) in [4.78, 5) is 5.88. The molecule has 30 heavy (non-hydrogen) atoms. The maximum Gasteiger partial charge on any atom is 0.417 e. The minimum atomic E-state index is -4.41. The SMILES string of the molecule is O=S(=O)(CCOc1ccccc1)N1CC2CN(c3ccc(C(F)(F)F)cn3)CC2C1. The van der Waals surface area contributed by atoms with Crippen molar-refractivity contribution in [3.8, 4) is 5.75 Å². The van der Waals surface area contributed by atoms with Gasteiger partial charge in [-0.05, 0) is 36.1 Å². The van der Waals surface area contributed by atoms with E-state index < -0.39 is 21.8 Å². The number of ether oxygens (including phenoxy) is 1. The Labute approximate surface area is 173 Å². The van der Waals surface area contributed by atoms with Gasteiger partial charge in [-0.2, -0.15) is 13.2 Å². The van der Waals surface area contributed by atoms with Crippen LogP contribution in [-0.2, 0) is 16.2 Å². The van der Waals surface area contributed by atoms with Crippen molar-refractivity contribution in [3.63, 3.8) is 0 Å². The Balaban J connectivity index is 1.30. The van der Waals surface area contributed by atoms with E-state index in [1.54, 1.807) is 12.1 Å². The number of nitrogens with zero attached hydrogens (tertiary/aromatic N) is 3. The van der Waals surface area contributed by atoms with E-state index >= 15 is 0 Å². The quantitative estimate of drug-likeness (QED) is 0.690. The minimum Gasteiger partial charge on any atom is -0.492 e. The summed E-state index contributed by atoms with van der Waals surface area (Å²) in [5, 5.41) is 0. The molecule has 2 saturated heterocycles. The van der Waals surface area contributed by atoms with E-state index in [4.69, 9.17) is 4.74 Å². The summed E-state index contributed by atoms with van der Waals surface area (Å²) in [5.41, 5.74) is -0.777. The summed E-state index contributed by atoms with van der Waals surface area (Å²) in [6.07, 6.45) is -3.57. The predicted octanol–water partition coefficient (Wildman–Crippen LogP) is 2.88. The molecule has 1 aromatic carbocycles. The number of hydrogen-bond acceptors (Lipinski definition) is 5. The zero-order valence-corrected chi connectivity index (χ0v) is 16.9. The third kappa shape index (κ3) is 4.54. The lowest BCUT2D eigenvalue weighted by atomic mass is 10.0. The van der Waals surface area contributed by atoms with Crippen molar-refractivity contribution < 1.29 is 26.3 Å². The Morgan fingerprint density at radius 1 is 1.00 bits per heavy atom. The second-order valence-corrected chi connectivity index (χ2v) is 9.71. The van der Waals surface area contributed by atoms with Gasteiger partial charge in [0.2, 0.25) is 10.0 Å². The molecule has 2 aromatic rings. The normalized spacial score (nSPS) is 22.3. The Bertz CT molecular complexity index is 954. The highest BCUT2D eigenvalue weighted by atomic mass is 32.2. The Kier molecular flexibility index (Phi) is 5.63. The number of aromatic nitrogens is 1. The highest BCUT2D eigenvalue weighted by molar-refractivity contribution is 7.89. The summed E-state index contributed by atoms with van der Waals surface area (Å²) >= 11 is 0. The van der Waals surface area contributed by atoms with Crippen molar-refractivity contribution in [2.24, 2.45) is 11.8 Å². The molecule has 162 valence electrons. The maximum absolute atomic E-state index is 12.7. The third-order valence-electron chi connectivity index (χ3n) is 5.60. The molecule has 0 N–H and O–H groups in total. The smallest absolute Gasteiger partial charge is 0.417 e. The van der Waals surface area contributed by atoms with Crippen LogP contribution in [-0.4, -0.2) is 56.2 Å². The van der Waals surface area contributed by atoms with E-state index in [1.165, 1.54) is 10.4 Å². The molecule has 0 radical (unpaired) electrons. The van der Waals surface area contributed by atoms with Gasteiger partial charge in [-0.25, -0.2) is 17.7 Å². The number of hydrogen-bond donors (Lipinski definition) is 0.